The summed E-state index contributed by atoms with van der Waals surface area (Å²) in [4.78, 5) is 26.8. The van der Waals surface area contributed by atoms with Crippen LogP contribution in [-0.2, 0) is 16.1 Å². The van der Waals surface area contributed by atoms with E-state index in [1.807, 2.05) is 42.6 Å². The fourth-order valence-electron chi connectivity index (χ4n) is 3.59. The third-order valence-electron chi connectivity index (χ3n) is 4.78. The summed E-state index contributed by atoms with van der Waals surface area (Å²) in [5.74, 6) is -1.05. The minimum Gasteiger partial charge on any atom is -0.315 e. The lowest BCUT2D eigenvalue weighted by Crippen LogP contribution is -2.36. The van der Waals surface area contributed by atoms with Crippen molar-refractivity contribution in [1.82, 2.24) is 14.8 Å². The maximum atomic E-state index is 13.6. The molecular formula is C22H17FN3O2+. The summed E-state index contributed by atoms with van der Waals surface area (Å²) < 4.78 is 13.8. The molecular weight excluding hydrogens is 357 g/mol. The molecule has 3 aromatic rings. The van der Waals surface area contributed by atoms with E-state index in [0.29, 0.717) is 12.2 Å². The molecule has 0 saturated carbocycles. The number of aromatic nitrogens is 1. The fourth-order valence-corrected chi connectivity index (χ4v) is 3.59. The zero-order valence-electron chi connectivity index (χ0n) is 14.9. The first-order valence-electron chi connectivity index (χ1n) is 8.74. The number of hydrogen-bond donors (Lipinski definition) is 1. The molecule has 0 radical (unpaired) electrons. The first-order chi connectivity index (χ1) is 13.6. The van der Waals surface area contributed by atoms with Crippen molar-refractivity contribution >= 4 is 29.3 Å². The third kappa shape index (κ3) is 3.10. The Hall–Kier alpha value is -3.64. The van der Waals surface area contributed by atoms with Crippen molar-refractivity contribution in [3.8, 4) is 0 Å². The van der Waals surface area contributed by atoms with Crippen molar-refractivity contribution in [3.05, 3.63) is 96.2 Å². The molecule has 5 nitrogen and oxygen atoms in total. The highest BCUT2D eigenvalue weighted by Crippen LogP contribution is 2.47. The van der Waals surface area contributed by atoms with Crippen molar-refractivity contribution in [2.45, 2.75) is 6.54 Å². The molecule has 0 saturated heterocycles. The number of benzene rings is 2. The lowest BCUT2D eigenvalue weighted by Gasteiger charge is -2.31. The van der Waals surface area contributed by atoms with E-state index in [0.717, 1.165) is 22.5 Å². The summed E-state index contributed by atoms with van der Waals surface area (Å²) in [7, 11) is 0. The van der Waals surface area contributed by atoms with Crippen LogP contribution in [0.2, 0.25) is 0 Å². The van der Waals surface area contributed by atoms with Gasteiger partial charge in [-0.3, -0.25) is 14.6 Å². The van der Waals surface area contributed by atoms with Crippen molar-refractivity contribution in [3.63, 3.8) is 0 Å². The molecule has 28 heavy (non-hydrogen) atoms. The quantitative estimate of drug-likeness (QED) is 0.421. The van der Waals surface area contributed by atoms with Crippen molar-refractivity contribution in [1.29, 1.82) is 0 Å². The van der Waals surface area contributed by atoms with E-state index in [9.17, 15) is 14.0 Å². The maximum absolute atomic E-state index is 13.6. The van der Waals surface area contributed by atoms with Gasteiger partial charge in [0, 0.05) is 36.2 Å². The van der Waals surface area contributed by atoms with Gasteiger partial charge in [0.15, 0.2) is 5.69 Å². The van der Waals surface area contributed by atoms with Crippen LogP contribution in [0.4, 0.5) is 15.8 Å². The summed E-state index contributed by atoms with van der Waals surface area (Å²) in [5, 5.41) is 2.66. The molecule has 1 N–H and O–H groups in total. The zero-order valence-corrected chi connectivity index (χ0v) is 14.9. The van der Waals surface area contributed by atoms with Crippen LogP contribution >= 0.6 is 0 Å². The number of hydrogen-bond acceptors (Lipinski definition) is 3. The number of nitrogens with one attached hydrogen (secondary N) is 1. The molecule has 1 unspecified atom stereocenters. The molecule has 2 heterocycles. The standard InChI is InChI=1S/C22H16FN3O2/c23-17-7-9-18(10-8-17)26(13-16-4-3-11-24-12-16)14-20(25-22(28)15-27)19-5-1-2-6-21(19)26/h1-12,14-15H,13H2/p+1. The number of halogens is 1. The van der Waals surface area contributed by atoms with Crippen LogP contribution in [0.25, 0.3) is 5.70 Å². The predicted molar refractivity (Wildman–Crippen MR) is 104 cm³/mol. The molecule has 0 aliphatic carbocycles. The van der Waals surface area contributed by atoms with Gasteiger partial charge in [-0.15, -0.1) is 0 Å². The first kappa shape index (κ1) is 17.8. The number of fused-ring (bicyclic) bond motifs is 1. The van der Waals surface area contributed by atoms with Gasteiger partial charge in [-0.1, -0.05) is 18.2 Å². The minimum absolute atomic E-state index is 0.233. The molecule has 1 aliphatic heterocycles. The van der Waals surface area contributed by atoms with Gasteiger partial charge in [0.2, 0.25) is 6.29 Å². The van der Waals surface area contributed by atoms with E-state index in [4.69, 9.17) is 0 Å². The summed E-state index contributed by atoms with van der Waals surface area (Å²) in [5.41, 5.74) is 4.07. The summed E-state index contributed by atoms with van der Waals surface area (Å²) >= 11 is 0. The van der Waals surface area contributed by atoms with E-state index >= 15 is 0 Å². The topological polar surface area (TPSA) is 59.1 Å². The number of pyridine rings is 1. The Balaban J connectivity index is 1.92. The Morgan fingerprint density at radius 1 is 1.07 bits per heavy atom. The zero-order chi connectivity index (χ0) is 19.6. The Morgan fingerprint density at radius 3 is 2.57 bits per heavy atom. The predicted octanol–water partition coefficient (Wildman–Crippen LogP) is 3.69. The van der Waals surface area contributed by atoms with Crippen molar-refractivity contribution in [2.24, 2.45) is 0 Å². The largest absolute Gasteiger partial charge is 0.315 e. The SMILES string of the molecule is O=CC(=O)NC1=C[N+](Cc2cccnc2)(c2ccc(F)cc2)c2ccccc21. The molecule has 2 aromatic carbocycles. The third-order valence-corrected chi connectivity index (χ3v) is 4.78. The summed E-state index contributed by atoms with van der Waals surface area (Å²) in [6.45, 7) is 0.511. The average molecular weight is 374 g/mol. The molecule has 1 aromatic heterocycles. The van der Waals surface area contributed by atoms with Crippen LogP contribution in [0.5, 0.6) is 0 Å². The van der Waals surface area contributed by atoms with Gasteiger partial charge in [0.25, 0.3) is 5.91 Å². The van der Waals surface area contributed by atoms with E-state index in [2.05, 4.69) is 10.3 Å². The lowest BCUT2D eigenvalue weighted by molar-refractivity contribution is -0.130. The van der Waals surface area contributed by atoms with E-state index in [1.165, 1.54) is 12.1 Å². The van der Waals surface area contributed by atoms with Gasteiger partial charge in [-0.25, -0.2) is 8.87 Å². The second-order valence-electron chi connectivity index (χ2n) is 6.53. The molecule has 138 valence electrons. The Kier molecular flexibility index (Phi) is 4.55. The molecule has 1 aliphatic rings. The number of quaternary nitrogens is 1. The Morgan fingerprint density at radius 2 is 1.86 bits per heavy atom. The monoisotopic (exact) mass is 374 g/mol. The van der Waals surface area contributed by atoms with Gasteiger partial charge < -0.3 is 5.32 Å². The number of nitrogens with zero attached hydrogens (tertiary/aromatic N) is 2. The van der Waals surface area contributed by atoms with Gasteiger partial charge in [-0.05, 0) is 24.3 Å². The van der Waals surface area contributed by atoms with E-state index < -0.39 is 5.91 Å². The van der Waals surface area contributed by atoms with Crippen LogP contribution in [0, 0.1) is 5.82 Å². The van der Waals surface area contributed by atoms with Crippen LogP contribution < -0.4 is 9.80 Å². The highest BCUT2D eigenvalue weighted by atomic mass is 19.1. The van der Waals surface area contributed by atoms with Crippen LogP contribution in [-0.4, -0.2) is 17.2 Å². The van der Waals surface area contributed by atoms with E-state index in [1.54, 1.807) is 24.5 Å². The highest BCUT2D eigenvalue weighted by Gasteiger charge is 2.41. The molecule has 0 fully saturated rings. The highest BCUT2D eigenvalue weighted by molar-refractivity contribution is 6.26. The van der Waals surface area contributed by atoms with Gasteiger partial charge in [0.1, 0.15) is 29.9 Å². The fraction of sp³-hybridized carbons (Fsp3) is 0.0455. The molecule has 6 heteroatoms. The smallest absolute Gasteiger partial charge is 0.288 e. The maximum Gasteiger partial charge on any atom is 0.288 e. The van der Waals surface area contributed by atoms with Gasteiger partial charge in [0.05, 0.1) is 5.56 Å². The molecule has 4 rings (SSSR count). The summed E-state index contributed by atoms with van der Waals surface area (Å²) in [6.07, 6.45) is 5.61. The molecule has 1 amide bonds. The number of amides is 1. The van der Waals surface area contributed by atoms with Crippen molar-refractivity contribution in [2.75, 3.05) is 0 Å². The van der Waals surface area contributed by atoms with Crippen LogP contribution in [0.15, 0.2) is 79.3 Å². The number of aldehydes is 1. The molecule has 1 atom stereocenters. The molecule has 0 bridgehead atoms. The summed E-state index contributed by atoms with van der Waals surface area (Å²) in [6, 6.07) is 17.7. The Labute approximate surface area is 161 Å². The average Bonchev–Trinajstić information content (AvgIpc) is 3.03. The van der Waals surface area contributed by atoms with Crippen molar-refractivity contribution < 1.29 is 14.0 Å². The van der Waals surface area contributed by atoms with Crippen LogP contribution in [0.1, 0.15) is 11.1 Å². The van der Waals surface area contributed by atoms with Gasteiger partial charge in [-0.2, -0.15) is 0 Å². The second kappa shape index (κ2) is 7.17. The number of rotatable bonds is 5. The molecule has 0 spiro atoms. The lowest BCUT2D eigenvalue weighted by atomic mass is 10.1. The van der Waals surface area contributed by atoms with E-state index in [-0.39, 0.29) is 16.6 Å². The Bertz CT molecular complexity index is 1060. The normalized spacial score (nSPS) is 17.5. The minimum atomic E-state index is -0.721. The first-order valence-corrected chi connectivity index (χ1v) is 8.74. The van der Waals surface area contributed by atoms with Crippen LogP contribution in [0.3, 0.4) is 0 Å². The number of para-hydroxylation sites is 1. The second-order valence-corrected chi connectivity index (χ2v) is 6.53. The number of carbonyl (C=O) groups excluding carboxylic acids is 2. The number of carbonyl (C=O) groups is 2. The van der Waals surface area contributed by atoms with Gasteiger partial charge >= 0.3 is 0 Å².